The number of likely N-dealkylation sites (tertiary alicyclic amines) is 1. The van der Waals surface area contributed by atoms with Crippen LogP contribution in [0, 0.1) is 0 Å². The molecule has 2 amide bonds. The summed E-state index contributed by atoms with van der Waals surface area (Å²) in [4.78, 5) is 14.1. The molecule has 1 aliphatic heterocycles. The predicted octanol–water partition coefficient (Wildman–Crippen LogP) is 1.50. The SMILES string of the molecule is Cn1cnnc1[C@@H]1CCCN(C(=O)NCc2ccco2)C1. The van der Waals surface area contributed by atoms with Crippen LogP contribution in [0.15, 0.2) is 29.1 Å². The van der Waals surface area contributed by atoms with E-state index in [4.69, 9.17) is 4.42 Å². The van der Waals surface area contributed by atoms with E-state index in [1.807, 2.05) is 28.6 Å². The zero-order valence-electron chi connectivity index (χ0n) is 12.0. The number of aryl methyl sites for hydroxylation is 1. The molecule has 0 radical (unpaired) electrons. The number of carbonyl (C=O) groups excluding carboxylic acids is 1. The number of nitrogens with zero attached hydrogens (tertiary/aromatic N) is 4. The molecule has 0 aliphatic carbocycles. The first-order valence-corrected chi connectivity index (χ1v) is 7.13. The topological polar surface area (TPSA) is 76.2 Å². The maximum absolute atomic E-state index is 12.2. The van der Waals surface area contributed by atoms with Crippen LogP contribution in [-0.2, 0) is 13.6 Å². The van der Waals surface area contributed by atoms with Crippen LogP contribution in [0.5, 0.6) is 0 Å². The van der Waals surface area contributed by atoms with Crippen molar-refractivity contribution in [2.45, 2.75) is 25.3 Å². The molecule has 112 valence electrons. The number of furan rings is 1. The maximum Gasteiger partial charge on any atom is 0.317 e. The first-order valence-electron chi connectivity index (χ1n) is 7.13. The average molecular weight is 289 g/mol. The third-order valence-corrected chi connectivity index (χ3v) is 3.81. The normalized spacial score (nSPS) is 18.7. The molecule has 1 aliphatic rings. The van der Waals surface area contributed by atoms with Gasteiger partial charge in [-0.3, -0.25) is 0 Å². The third kappa shape index (κ3) is 3.07. The van der Waals surface area contributed by atoms with Gasteiger partial charge in [-0.1, -0.05) is 0 Å². The summed E-state index contributed by atoms with van der Waals surface area (Å²) in [6.45, 7) is 1.87. The minimum atomic E-state index is -0.0572. The van der Waals surface area contributed by atoms with E-state index in [9.17, 15) is 4.79 Å². The maximum atomic E-state index is 12.2. The van der Waals surface area contributed by atoms with E-state index < -0.39 is 0 Å². The molecule has 1 fully saturated rings. The van der Waals surface area contributed by atoms with E-state index in [0.29, 0.717) is 13.1 Å². The Bertz CT molecular complexity index is 592. The second kappa shape index (κ2) is 5.99. The summed E-state index contributed by atoms with van der Waals surface area (Å²) in [5, 5.41) is 11.0. The molecule has 2 aromatic heterocycles. The molecule has 1 atom stereocenters. The van der Waals surface area contributed by atoms with Crippen molar-refractivity contribution < 1.29 is 9.21 Å². The summed E-state index contributed by atoms with van der Waals surface area (Å²) in [5.74, 6) is 1.95. The number of rotatable bonds is 3. The van der Waals surface area contributed by atoms with Gasteiger partial charge in [-0.25, -0.2) is 4.79 Å². The highest BCUT2D eigenvalue weighted by atomic mass is 16.3. The van der Waals surface area contributed by atoms with Crippen LogP contribution in [0.1, 0.15) is 30.3 Å². The summed E-state index contributed by atoms with van der Waals surface area (Å²) in [6, 6.07) is 3.60. The molecule has 21 heavy (non-hydrogen) atoms. The molecule has 2 aromatic rings. The molecular formula is C14H19N5O2. The Kier molecular flexibility index (Phi) is 3.89. The number of nitrogens with one attached hydrogen (secondary N) is 1. The van der Waals surface area contributed by atoms with Gasteiger partial charge >= 0.3 is 6.03 Å². The largest absolute Gasteiger partial charge is 0.467 e. The van der Waals surface area contributed by atoms with Crippen LogP contribution in [0.4, 0.5) is 4.79 Å². The predicted molar refractivity (Wildman–Crippen MR) is 75.5 cm³/mol. The van der Waals surface area contributed by atoms with Gasteiger partial charge in [0.05, 0.1) is 12.8 Å². The lowest BCUT2D eigenvalue weighted by Gasteiger charge is -2.32. The second-order valence-electron chi connectivity index (χ2n) is 5.32. The number of amides is 2. The van der Waals surface area contributed by atoms with Crippen LogP contribution in [0.3, 0.4) is 0 Å². The summed E-state index contributed by atoms with van der Waals surface area (Å²) >= 11 is 0. The highest BCUT2D eigenvalue weighted by molar-refractivity contribution is 5.74. The van der Waals surface area contributed by atoms with Gasteiger partial charge < -0.3 is 19.2 Å². The van der Waals surface area contributed by atoms with Crippen molar-refractivity contribution in [2.24, 2.45) is 7.05 Å². The zero-order chi connectivity index (χ0) is 14.7. The van der Waals surface area contributed by atoms with Crippen LogP contribution in [-0.4, -0.2) is 38.8 Å². The van der Waals surface area contributed by atoms with Gasteiger partial charge in [0, 0.05) is 26.1 Å². The Balaban J connectivity index is 1.58. The van der Waals surface area contributed by atoms with Crippen molar-refractivity contribution >= 4 is 6.03 Å². The molecule has 0 saturated carbocycles. The lowest BCUT2D eigenvalue weighted by molar-refractivity contribution is 0.176. The summed E-state index contributed by atoms with van der Waals surface area (Å²) in [5.41, 5.74) is 0. The molecular weight excluding hydrogens is 270 g/mol. The monoisotopic (exact) mass is 289 g/mol. The number of hydrogen-bond acceptors (Lipinski definition) is 4. The van der Waals surface area contributed by atoms with Gasteiger partial charge in [0.2, 0.25) is 0 Å². The Hall–Kier alpha value is -2.31. The van der Waals surface area contributed by atoms with Gasteiger partial charge in [-0.05, 0) is 25.0 Å². The van der Waals surface area contributed by atoms with Crippen LogP contribution >= 0.6 is 0 Å². The fourth-order valence-corrected chi connectivity index (χ4v) is 2.72. The molecule has 0 bridgehead atoms. The molecule has 7 heteroatoms. The van der Waals surface area contributed by atoms with Gasteiger partial charge in [-0.2, -0.15) is 0 Å². The molecule has 3 heterocycles. The molecule has 1 N–H and O–H groups in total. The van der Waals surface area contributed by atoms with Crippen molar-refractivity contribution in [3.63, 3.8) is 0 Å². The highest BCUT2D eigenvalue weighted by Gasteiger charge is 2.27. The molecule has 1 saturated heterocycles. The highest BCUT2D eigenvalue weighted by Crippen LogP contribution is 2.24. The quantitative estimate of drug-likeness (QED) is 0.929. The minimum absolute atomic E-state index is 0.0572. The van der Waals surface area contributed by atoms with E-state index in [-0.39, 0.29) is 11.9 Å². The van der Waals surface area contributed by atoms with E-state index in [1.54, 1.807) is 12.6 Å². The van der Waals surface area contributed by atoms with Crippen LogP contribution in [0.2, 0.25) is 0 Å². The van der Waals surface area contributed by atoms with Crippen LogP contribution in [0.25, 0.3) is 0 Å². The molecule has 0 aromatic carbocycles. The fraction of sp³-hybridized carbons (Fsp3) is 0.500. The Morgan fingerprint density at radius 2 is 2.48 bits per heavy atom. The number of aromatic nitrogens is 3. The summed E-state index contributed by atoms with van der Waals surface area (Å²) in [6.07, 6.45) is 5.32. The standard InChI is InChI=1S/C14H19N5O2/c1-18-10-16-17-13(18)11-4-2-6-19(9-11)14(20)15-8-12-5-3-7-21-12/h3,5,7,10-11H,2,4,6,8-9H2,1H3,(H,15,20)/t11-/m1/s1. The first kappa shape index (κ1) is 13.7. The third-order valence-electron chi connectivity index (χ3n) is 3.81. The smallest absolute Gasteiger partial charge is 0.317 e. The van der Waals surface area contributed by atoms with Gasteiger partial charge in [-0.15, -0.1) is 10.2 Å². The van der Waals surface area contributed by atoms with Gasteiger partial charge in [0.1, 0.15) is 17.9 Å². The minimum Gasteiger partial charge on any atom is -0.467 e. The number of urea groups is 1. The van der Waals surface area contributed by atoms with Crippen molar-refractivity contribution in [3.8, 4) is 0 Å². The first-order chi connectivity index (χ1) is 10.2. The van der Waals surface area contributed by atoms with Gasteiger partial charge in [0.25, 0.3) is 0 Å². The van der Waals surface area contributed by atoms with Crippen LogP contribution < -0.4 is 5.32 Å². The lowest BCUT2D eigenvalue weighted by atomic mass is 9.97. The molecule has 3 rings (SSSR count). The fourth-order valence-electron chi connectivity index (χ4n) is 2.72. The number of piperidine rings is 1. The van der Waals surface area contributed by atoms with E-state index in [2.05, 4.69) is 15.5 Å². The van der Waals surface area contributed by atoms with Crippen molar-refractivity contribution in [3.05, 3.63) is 36.3 Å². The van der Waals surface area contributed by atoms with Crippen molar-refractivity contribution in [1.29, 1.82) is 0 Å². The van der Waals surface area contributed by atoms with Crippen molar-refractivity contribution in [1.82, 2.24) is 25.0 Å². The van der Waals surface area contributed by atoms with E-state index in [1.165, 1.54) is 0 Å². The molecule has 0 spiro atoms. The summed E-state index contributed by atoms with van der Waals surface area (Å²) in [7, 11) is 1.94. The average Bonchev–Trinajstić information content (AvgIpc) is 3.16. The number of carbonyl (C=O) groups is 1. The van der Waals surface area contributed by atoms with E-state index >= 15 is 0 Å². The number of hydrogen-bond donors (Lipinski definition) is 1. The summed E-state index contributed by atoms with van der Waals surface area (Å²) < 4.78 is 7.14. The molecule has 7 nitrogen and oxygen atoms in total. The molecule has 0 unspecified atom stereocenters. The zero-order valence-corrected chi connectivity index (χ0v) is 12.0. The van der Waals surface area contributed by atoms with Gasteiger partial charge in [0.15, 0.2) is 0 Å². The van der Waals surface area contributed by atoms with E-state index in [0.717, 1.165) is 31.0 Å². The Labute approximate surface area is 122 Å². The Morgan fingerprint density at radius 1 is 1.57 bits per heavy atom. The Morgan fingerprint density at radius 3 is 3.19 bits per heavy atom. The lowest BCUT2D eigenvalue weighted by Crippen LogP contribution is -2.45. The van der Waals surface area contributed by atoms with Crippen molar-refractivity contribution in [2.75, 3.05) is 13.1 Å². The second-order valence-corrected chi connectivity index (χ2v) is 5.32.